The van der Waals surface area contributed by atoms with Gasteiger partial charge in [-0.05, 0) is 43.4 Å². The fraction of sp³-hybridized carbons (Fsp3) is 0.600. The minimum Gasteiger partial charge on any atom is -0.463 e. The molecule has 9 nitrogen and oxygen atoms in total. The summed E-state index contributed by atoms with van der Waals surface area (Å²) in [5.74, 6) is -1.24. The summed E-state index contributed by atoms with van der Waals surface area (Å²) in [5, 5.41) is 23.0. The molecule has 1 fully saturated rings. The van der Waals surface area contributed by atoms with E-state index in [2.05, 4.69) is 10.2 Å². The van der Waals surface area contributed by atoms with E-state index >= 15 is 0 Å². The molecule has 1 saturated heterocycles. The Kier molecular flexibility index (Phi) is 7.15. The van der Waals surface area contributed by atoms with Gasteiger partial charge in [0.15, 0.2) is 6.04 Å². The first kappa shape index (κ1) is 22.7. The van der Waals surface area contributed by atoms with Crippen molar-refractivity contribution in [2.75, 3.05) is 39.5 Å². The molecule has 10 heteroatoms. The van der Waals surface area contributed by atoms with E-state index in [0.29, 0.717) is 36.3 Å². The molecule has 3 N–H and O–H groups in total. The van der Waals surface area contributed by atoms with Crippen LogP contribution in [0.2, 0.25) is 0 Å². The van der Waals surface area contributed by atoms with Crippen LogP contribution >= 0.6 is 0 Å². The number of rotatable bonds is 7. The largest absolute Gasteiger partial charge is 0.492 e. The van der Waals surface area contributed by atoms with E-state index in [9.17, 15) is 19.7 Å². The molecule has 0 bridgehead atoms. The van der Waals surface area contributed by atoms with Crippen molar-refractivity contribution in [3.8, 4) is 0 Å². The van der Waals surface area contributed by atoms with Crippen LogP contribution < -0.4 is 10.8 Å². The zero-order valence-electron chi connectivity index (χ0n) is 17.6. The third kappa shape index (κ3) is 5.19. The van der Waals surface area contributed by atoms with Crippen molar-refractivity contribution in [3.05, 3.63) is 28.8 Å². The number of aliphatic hydroxyl groups is 1. The van der Waals surface area contributed by atoms with Gasteiger partial charge in [-0.15, -0.1) is 0 Å². The molecule has 2 heterocycles. The third-order valence-electron chi connectivity index (χ3n) is 5.47. The van der Waals surface area contributed by atoms with Crippen molar-refractivity contribution in [3.63, 3.8) is 0 Å². The molecular formula is C20H29BN2O7. The number of morpholine rings is 1. The smallest absolute Gasteiger partial charge is 0.463 e. The average Bonchev–Trinajstić information content (AvgIpc) is 3.07. The van der Waals surface area contributed by atoms with Crippen LogP contribution in [-0.4, -0.2) is 85.1 Å². The van der Waals surface area contributed by atoms with Crippen molar-refractivity contribution < 1.29 is 33.8 Å². The molecule has 1 aromatic rings. The molecule has 164 valence electrons. The van der Waals surface area contributed by atoms with Gasteiger partial charge in [0.25, 0.3) is 5.91 Å². The summed E-state index contributed by atoms with van der Waals surface area (Å²) in [6.07, 6.45) is 0. The van der Waals surface area contributed by atoms with Crippen molar-refractivity contribution in [1.82, 2.24) is 10.2 Å². The zero-order valence-corrected chi connectivity index (χ0v) is 17.6. The molecule has 0 radical (unpaired) electrons. The maximum Gasteiger partial charge on any atom is 0.492 e. The van der Waals surface area contributed by atoms with Gasteiger partial charge in [0.05, 0.1) is 25.4 Å². The number of amides is 1. The number of nitrogens with zero attached hydrogens (tertiary/aromatic N) is 1. The normalized spacial score (nSPS) is 18.1. The van der Waals surface area contributed by atoms with Crippen LogP contribution in [0.3, 0.4) is 0 Å². The Balaban J connectivity index is 1.65. The van der Waals surface area contributed by atoms with Gasteiger partial charge in [-0.25, -0.2) is 4.79 Å². The molecule has 1 unspecified atom stereocenters. The summed E-state index contributed by atoms with van der Waals surface area (Å²) in [4.78, 5) is 27.6. The predicted molar refractivity (Wildman–Crippen MR) is 109 cm³/mol. The fourth-order valence-corrected chi connectivity index (χ4v) is 3.67. The number of hydrogen-bond donors (Lipinski definition) is 3. The van der Waals surface area contributed by atoms with Crippen LogP contribution in [0.1, 0.15) is 35.3 Å². The molecule has 1 aromatic carbocycles. The minimum atomic E-state index is -1.53. The summed E-state index contributed by atoms with van der Waals surface area (Å²) in [5.41, 5.74) is 0.728. The van der Waals surface area contributed by atoms with Crippen LogP contribution in [0.4, 0.5) is 0 Å². The summed E-state index contributed by atoms with van der Waals surface area (Å²) >= 11 is 0. The lowest BCUT2D eigenvalue weighted by Crippen LogP contribution is -2.55. The number of benzene rings is 1. The quantitative estimate of drug-likeness (QED) is 0.378. The number of carbonyl (C=O) groups is 2. The number of fused-ring (bicyclic) bond motifs is 1. The Labute approximate surface area is 176 Å². The fourth-order valence-electron chi connectivity index (χ4n) is 3.67. The second-order valence-corrected chi connectivity index (χ2v) is 8.16. The Morgan fingerprint density at radius 1 is 1.33 bits per heavy atom. The first-order chi connectivity index (χ1) is 14.2. The van der Waals surface area contributed by atoms with Crippen molar-refractivity contribution in [2.24, 2.45) is 0 Å². The van der Waals surface area contributed by atoms with Gasteiger partial charge in [0.1, 0.15) is 6.61 Å². The lowest BCUT2D eigenvalue weighted by Gasteiger charge is -2.30. The lowest BCUT2D eigenvalue weighted by atomic mass is 9.75. The van der Waals surface area contributed by atoms with Gasteiger partial charge in [-0.3, -0.25) is 9.69 Å². The van der Waals surface area contributed by atoms with E-state index in [-0.39, 0.29) is 13.2 Å². The molecule has 0 saturated carbocycles. The summed E-state index contributed by atoms with van der Waals surface area (Å²) < 4.78 is 15.8. The molecule has 0 spiro atoms. The first-order valence-corrected chi connectivity index (χ1v) is 10.1. The molecule has 30 heavy (non-hydrogen) atoms. The van der Waals surface area contributed by atoms with E-state index in [0.717, 1.165) is 18.7 Å². The molecule has 1 amide bonds. The molecule has 3 rings (SSSR count). The highest BCUT2D eigenvalue weighted by molar-refractivity contribution is 6.62. The molecule has 0 aromatic heterocycles. The topological polar surface area (TPSA) is 118 Å². The van der Waals surface area contributed by atoms with Crippen molar-refractivity contribution in [2.45, 2.75) is 39.0 Å². The van der Waals surface area contributed by atoms with Gasteiger partial charge >= 0.3 is 13.1 Å². The van der Waals surface area contributed by atoms with Gasteiger partial charge in [0.2, 0.25) is 0 Å². The van der Waals surface area contributed by atoms with Gasteiger partial charge < -0.3 is 29.6 Å². The Bertz CT molecular complexity index is 790. The Hall–Kier alpha value is -1.98. The summed E-state index contributed by atoms with van der Waals surface area (Å²) in [7, 11) is -1.08. The van der Waals surface area contributed by atoms with E-state index in [1.165, 1.54) is 13.8 Å². The maximum atomic E-state index is 12.9. The minimum absolute atomic E-state index is 0.155. The van der Waals surface area contributed by atoms with Crippen molar-refractivity contribution in [1.29, 1.82) is 0 Å². The van der Waals surface area contributed by atoms with Crippen LogP contribution in [0, 0.1) is 6.92 Å². The number of esters is 1. The lowest BCUT2D eigenvalue weighted by molar-refractivity contribution is -0.152. The standard InChI is InChI=1S/C20H29BN2O7/c1-13-15(5-4-14-12-30-21(27)16(13)14)18(24)22-17(20(2,3)26)19(25)29-11-8-23-6-9-28-10-7-23/h4-5,17,26-27H,6-12H2,1-3H3,(H,22,24). The molecular weight excluding hydrogens is 391 g/mol. The zero-order chi connectivity index (χ0) is 21.9. The van der Waals surface area contributed by atoms with Crippen LogP contribution in [0.15, 0.2) is 12.1 Å². The van der Waals surface area contributed by atoms with E-state index in [1.807, 2.05) is 0 Å². The second kappa shape index (κ2) is 9.44. The van der Waals surface area contributed by atoms with Crippen LogP contribution in [0.5, 0.6) is 0 Å². The SMILES string of the molecule is Cc1c(C(=O)NC(C(=O)OCCN2CCOCC2)C(C)(C)O)ccc2c1B(O)OC2. The van der Waals surface area contributed by atoms with Crippen LogP contribution in [0.25, 0.3) is 0 Å². The number of carbonyl (C=O) groups excluding carboxylic acids is 2. The van der Waals surface area contributed by atoms with E-state index in [1.54, 1.807) is 19.1 Å². The molecule has 1 atom stereocenters. The monoisotopic (exact) mass is 420 g/mol. The maximum absolute atomic E-state index is 12.9. The van der Waals surface area contributed by atoms with E-state index in [4.69, 9.17) is 14.1 Å². The molecule has 0 aliphatic carbocycles. The van der Waals surface area contributed by atoms with Gasteiger partial charge in [0, 0.05) is 25.2 Å². The average molecular weight is 420 g/mol. The highest BCUT2D eigenvalue weighted by atomic mass is 16.5. The van der Waals surface area contributed by atoms with Gasteiger partial charge in [-0.1, -0.05) is 6.07 Å². The van der Waals surface area contributed by atoms with Crippen molar-refractivity contribution >= 4 is 24.5 Å². The van der Waals surface area contributed by atoms with Gasteiger partial charge in [-0.2, -0.15) is 0 Å². The molecule has 2 aliphatic rings. The molecule has 2 aliphatic heterocycles. The highest BCUT2D eigenvalue weighted by Gasteiger charge is 2.37. The summed E-state index contributed by atoms with van der Waals surface area (Å²) in [6, 6.07) is 2.09. The first-order valence-electron chi connectivity index (χ1n) is 10.1. The van der Waals surface area contributed by atoms with E-state index < -0.39 is 30.6 Å². The number of nitrogens with one attached hydrogen (secondary N) is 1. The number of hydrogen-bond acceptors (Lipinski definition) is 8. The number of ether oxygens (including phenoxy) is 2. The van der Waals surface area contributed by atoms with Crippen LogP contribution in [-0.2, 0) is 25.5 Å². The second-order valence-electron chi connectivity index (χ2n) is 8.16. The summed E-state index contributed by atoms with van der Waals surface area (Å²) in [6.45, 7) is 8.43. The Morgan fingerprint density at radius 3 is 2.70 bits per heavy atom. The third-order valence-corrected chi connectivity index (χ3v) is 5.47. The Morgan fingerprint density at radius 2 is 2.03 bits per heavy atom. The predicted octanol–water partition coefficient (Wildman–Crippen LogP) is -1.04. The highest BCUT2D eigenvalue weighted by Crippen LogP contribution is 2.18.